The first-order chi connectivity index (χ1) is 12.4. The van der Waals surface area contributed by atoms with E-state index in [1.807, 2.05) is 0 Å². The number of sulfonamides is 1. The molecule has 0 saturated carbocycles. The second-order valence-electron chi connectivity index (χ2n) is 5.93. The maximum atomic E-state index is 12.5. The number of benzene rings is 2. The lowest BCUT2D eigenvalue weighted by atomic mass is 10.2. The molecule has 2 heterocycles. The Morgan fingerprint density at radius 2 is 1.92 bits per heavy atom. The highest BCUT2D eigenvalue weighted by Gasteiger charge is 2.30. The Labute approximate surface area is 155 Å². The Morgan fingerprint density at radius 1 is 1.12 bits per heavy atom. The second kappa shape index (κ2) is 6.37. The first-order valence-corrected chi connectivity index (χ1v) is 9.94. The Kier molecular flexibility index (Phi) is 4.16. The molecule has 0 aromatic heterocycles. The zero-order valence-corrected chi connectivity index (χ0v) is 15.1. The van der Waals surface area contributed by atoms with Crippen LogP contribution in [0.2, 0.25) is 5.02 Å². The van der Waals surface area contributed by atoms with Gasteiger partial charge in [-0.15, -0.1) is 0 Å². The number of hydrogen-bond acceptors (Lipinski definition) is 5. The van der Waals surface area contributed by atoms with Crippen LogP contribution in [0.5, 0.6) is 11.5 Å². The Balaban J connectivity index is 1.59. The summed E-state index contributed by atoms with van der Waals surface area (Å²) in [5.74, 6) is 0.852. The van der Waals surface area contributed by atoms with Gasteiger partial charge in [0.25, 0.3) is 5.91 Å². The molecule has 4 rings (SSSR count). The number of amides is 1. The monoisotopic (exact) mass is 394 g/mol. The summed E-state index contributed by atoms with van der Waals surface area (Å²) in [6.07, 6.45) is 0.548. The Hall–Kier alpha value is -2.45. The number of nitrogens with zero attached hydrogens (tertiary/aromatic N) is 1. The van der Waals surface area contributed by atoms with Gasteiger partial charge in [-0.3, -0.25) is 9.10 Å². The molecular formula is C17H15ClN2O5S. The molecule has 0 spiro atoms. The van der Waals surface area contributed by atoms with Crippen LogP contribution in [0.4, 0.5) is 11.4 Å². The molecule has 2 aromatic carbocycles. The molecule has 1 amide bonds. The van der Waals surface area contributed by atoms with E-state index in [2.05, 4.69) is 5.32 Å². The number of anilines is 2. The van der Waals surface area contributed by atoms with Gasteiger partial charge in [-0.1, -0.05) is 11.6 Å². The van der Waals surface area contributed by atoms with Gasteiger partial charge in [0.05, 0.1) is 16.5 Å². The molecule has 2 aliphatic heterocycles. The van der Waals surface area contributed by atoms with Gasteiger partial charge in [-0.25, -0.2) is 8.42 Å². The van der Waals surface area contributed by atoms with Crippen molar-refractivity contribution in [2.24, 2.45) is 0 Å². The fourth-order valence-corrected chi connectivity index (χ4v) is 4.77. The second-order valence-corrected chi connectivity index (χ2v) is 8.35. The predicted molar refractivity (Wildman–Crippen MR) is 97.7 cm³/mol. The van der Waals surface area contributed by atoms with Gasteiger partial charge in [0, 0.05) is 17.8 Å². The van der Waals surface area contributed by atoms with Gasteiger partial charge in [0.15, 0.2) is 11.5 Å². The van der Waals surface area contributed by atoms with E-state index in [9.17, 15) is 13.2 Å². The van der Waals surface area contributed by atoms with Crippen LogP contribution < -0.4 is 19.1 Å². The molecule has 136 valence electrons. The van der Waals surface area contributed by atoms with Crippen LogP contribution in [0.15, 0.2) is 36.4 Å². The topological polar surface area (TPSA) is 84.9 Å². The lowest BCUT2D eigenvalue weighted by Crippen LogP contribution is -2.25. The summed E-state index contributed by atoms with van der Waals surface area (Å²) >= 11 is 6.17. The van der Waals surface area contributed by atoms with Crippen LogP contribution in [0.3, 0.4) is 0 Å². The average Bonchev–Trinajstić information content (AvgIpc) is 3.21. The lowest BCUT2D eigenvalue weighted by Gasteiger charge is -2.19. The zero-order chi connectivity index (χ0) is 18.3. The minimum Gasteiger partial charge on any atom is -0.454 e. The summed E-state index contributed by atoms with van der Waals surface area (Å²) < 4.78 is 36.0. The van der Waals surface area contributed by atoms with Crippen LogP contribution in [0, 0.1) is 0 Å². The third-order valence-electron chi connectivity index (χ3n) is 4.21. The minimum absolute atomic E-state index is 0.0944. The standard InChI is InChI=1S/C17H15ClN2O5S/c18-13-4-3-12(9-14(13)20-6-1-7-26(20,22)23)19-17(21)11-2-5-15-16(8-11)25-10-24-15/h2-5,8-9H,1,6-7,10H2,(H,19,21). The van der Waals surface area contributed by atoms with Crippen molar-refractivity contribution in [1.29, 1.82) is 0 Å². The van der Waals surface area contributed by atoms with E-state index in [-0.39, 0.29) is 18.5 Å². The van der Waals surface area contributed by atoms with Crippen LogP contribution in [-0.4, -0.2) is 33.4 Å². The smallest absolute Gasteiger partial charge is 0.255 e. The number of fused-ring (bicyclic) bond motifs is 1. The zero-order valence-electron chi connectivity index (χ0n) is 13.6. The van der Waals surface area contributed by atoms with Crippen molar-refractivity contribution in [3.8, 4) is 11.5 Å². The van der Waals surface area contributed by atoms with Gasteiger partial charge in [-0.05, 0) is 42.8 Å². The summed E-state index contributed by atoms with van der Waals surface area (Å²) in [5.41, 5.74) is 1.22. The quantitative estimate of drug-likeness (QED) is 0.865. The number of rotatable bonds is 3. The van der Waals surface area contributed by atoms with Gasteiger partial charge in [0.2, 0.25) is 16.8 Å². The third kappa shape index (κ3) is 3.06. The van der Waals surface area contributed by atoms with E-state index in [0.717, 1.165) is 0 Å². The summed E-state index contributed by atoms with van der Waals surface area (Å²) in [6.45, 7) is 0.507. The SMILES string of the molecule is O=C(Nc1ccc(Cl)c(N2CCCS2(=O)=O)c1)c1ccc2c(c1)OCO2. The molecule has 26 heavy (non-hydrogen) atoms. The molecule has 2 aromatic rings. The highest BCUT2D eigenvalue weighted by atomic mass is 35.5. The molecule has 0 aliphatic carbocycles. The molecule has 1 fully saturated rings. The molecule has 0 unspecified atom stereocenters. The van der Waals surface area contributed by atoms with Gasteiger partial charge >= 0.3 is 0 Å². The molecule has 7 nitrogen and oxygen atoms in total. The first kappa shape index (κ1) is 17.0. The summed E-state index contributed by atoms with van der Waals surface area (Å²) in [5, 5.41) is 3.07. The van der Waals surface area contributed by atoms with Gasteiger partial charge in [-0.2, -0.15) is 0 Å². The molecule has 1 saturated heterocycles. The van der Waals surface area contributed by atoms with E-state index >= 15 is 0 Å². The summed E-state index contributed by atoms with van der Waals surface area (Å²) in [6, 6.07) is 9.65. The van der Waals surface area contributed by atoms with E-state index in [1.54, 1.807) is 36.4 Å². The number of carbonyl (C=O) groups is 1. The normalized spacial score (nSPS) is 17.3. The van der Waals surface area contributed by atoms with Crippen molar-refractivity contribution < 1.29 is 22.7 Å². The van der Waals surface area contributed by atoms with Crippen molar-refractivity contribution in [2.45, 2.75) is 6.42 Å². The van der Waals surface area contributed by atoms with Gasteiger partial charge in [0.1, 0.15) is 0 Å². The van der Waals surface area contributed by atoms with E-state index in [0.29, 0.717) is 46.4 Å². The van der Waals surface area contributed by atoms with Crippen molar-refractivity contribution in [1.82, 2.24) is 0 Å². The molecule has 2 aliphatic rings. The fourth-order valence-electron chi connectivity index (χ4n) is 2.93. The first-order valence-electron chi connectivity index (χ1n) is 7.95. The lowest BCUT2D eigenvalue weighted by molar-refractivity contribution is 0.102. The fraction of sp³-hybridized carbons (Fsp3) is 0.235. The van der Waals surface area contributed by atoms with Crippen LogP contribution in [0.25, 0.3) is 0 Å². The Bertz CT molecular complexity index is 993. The number of ether oxygens (including phenoxy) is 2. The molecule has 0 bridgehead atoms. The number of nitrogens with one attached hydrogen (secondary N) is 1. The summed E-state index contributed by atoms with van der Waals surface area (Å²) in [4.78, 5) is 12.5. The van der Waals surface area contributed by atoms with Crippen molar-refractivity contribution in [3.05, 3.63) is 47.0 Å². The molecule has 0 radical (unpaired) electrons. The van der Waals surface area contributed by atoms with E-state index in [1.165, 1.54) is 4.31 Å². The molecule has 9 heteroatoms. The highest BCUT2D eigenvalue weighted by molar-refractivity contribution is 7.93. The van der Waals surface area contributed by atoms with Gasteiger partial charge < -0.3 is 14.8 Å². The molecule has 0 atom stereocenters. The van der Waals surface area contributed by atoms with Crippen LogP contribution in [0.1, 0.15) is 16.8 Å². The average molecular weight is 395 g/mol. The van der Waals surface area contributed by atoms with E-state index in [4.69, 9.17) is 21.1 Å². The molecule has 1 N–H and O–H groups in total. The Morgan fingerprint density at radius 3 is 2.69 bits per heavy atom. The summed E-state index contributed by atoms with van der Waals surface area (Å²) in [7, 11) is -3.36. The maximum Gasteiger partial charge on any atom is 0.255 e. The number of carbonyl (C=O) groups excluding carboxylic acids is 1. The van der Waals surface area contributed by atoms with Crippen molar-refractivity contribution in [2.75, 3.05) is 28.7 Å². The van der Waals surface area contributed by atoms with Crippen LogP contribution >= 0.6 is 11.6 Å². The molecular weight excluding hydrogens is 380 g/mol. The van der Waals surface area contributed by atoms with E-state index < -0.39 is 10.0 Å². The minimum atomic E-state index is -3.36. The maximum absolute atomic E-state index is 12.5. The highest BCUT2D eigenvalue weighted by Crippen LogP contribution is 2.35. The number of hydrogen-bond donors (Lipinski definition) is 1. The third-order valence-corrected chi connectivity index (χ3v) is 6.38. The number of halogens is 1. The van der Waals surface area contributed by atoms with Crippen LogP contribution in [-0.2, 0) is 10.0 Å². The largest absolute Gasteiger partial charge is 0.454 e. The van der Waals surface area contributed by atoms with Crippen molar-refractivity contribution in [3.63, 3.8) is 0 Å². The van der Waals surface area contributed by atoms with Crippen molar-refractivity contribution >= 4 is 38.9 Å². The predicted octanol–water partition coefficient (Wildman–Crippen LogP) is 2.86.